The van der Waals surface area contributed by atoms with E-state index in [-0.39, 0.29) is 11.3 Å². The summed E-state index contributed by atoms with van der Waals surface area (Å²) in [6, 6.07) is 8.10. The highest BCUT2D eigenvalue weighted by atomic mass is 16.5. The van der Waals surface area contributed by atoms with Crippen molar-refractivity contribution in [1.82, 2.24) is 10.2 Å². The number of carbonyl (C=O) groups is 1. The van der Waals surface area contributed by atoms with Gasteiger partial charge in [0.15, 0.2) is 0 Å². The first kappa shape index (κ1) is 18.6. The molecule has 0 radical (unpaired) electrons. The van der Waals surface area contributed by atoms with Gasteiger partial charge in [0.25, 0.3) is 0 Å². The van der Waals surface area contributed by atoms with Crippen LogP contribution in [0, 0.1) is 5.41 Å². The monoisotopic (exact) mass is 333 g/mol. The predicted molar refractivity (Wildman–Crippen MR) is 98.7 cm³/mol. The summed E-state index contributed by atoms with van der Waals surface area (Å²) in [6.45, 7) is 11.4. The van der Waals surface area contributed by atoms with Gasteiger partial charge in [-0.2, -0.15) is 0 Å². The number of rotatable bonds is 6. The first-order chi connectivity index (χ1) is 11.4. The Bertz CT molecular complexity index is 532. The van der Waals surface area contributed by atoms with Gasteiger partial charge in [0.05, 0.1) is 19.3 Å². The molecule has 1 fully saturated rings. The summed E-state index contributed by atoms with van der Waals surface area (Å²) in [5, 5.41) is 3.03. The molecule has 0 bridgehead atoms. The van der Waals surface area contributed by atoms with Crippen LogP contribution in [0.1, 0.15) is 27.2 Å². The van der Waals surface area contributed by atoms with Crippen LogP contribution in [-0.4, -0.2) is 57.2 Å². The van der Waals surface area contributed by atoms with Crippen molar-refractivity contribution in [3.63, 3.8) is 0 Å². The quantitative estimate of drug-likeness (QED) is 0.868. The second-order valence-corrected chi connectivity index (χ2v) is 7.60. The third kappa shape index (κ3) is 5.71. The Morgan fingerprint density at radius 1 is 1.17 bits per heavy atom. The number of anilines is 1. The maximum absolute atomic E-state index is 12.1. The Kier molecular flexibility index (Phi) is 6.49. The largest absolute Gasteiger partial charge is 0.495 e. The Morgan fingerprint density at radius 3 is 2.46 bits per heavy atom. The summed E-state index contributed by atoms with van der Waals surface area (Å²) in [7, 11) is 1.71. The number of para-hydroxylation sites is 2. The lowest BCUT2D eigenvalue weighted by atomic mass is 9.92. The number of benzene rings is 1. The maximum Gasteiger partial charge on any atom is 0.234 e. The molecule has 2 rings (SSSR count). The van der Waals surface area contributed by atoms with Crippen molar-refractivity contribution in [3.8, 4) is 5.75 Å². The lowest BCUT2D eigenvalue weighted by Crippen LogP contribution is -2.49. The van der Waals surface area contributed by atoms with Crippen molar-refractivity contribution < 1.29 is 9.53 Å². The van der Waals surface area contributed by atoms with Crippen molar-refractivity contribution in [3.05, 3.63) is 24.3 Å². The zero-order chi connectivity index (χ0) is 17.6. The average Bonchev–Trinajstić information content (AvgIpc) is 2.54. The summed E-state index contributed by atoms with van der Waals surface area (Å²) in [6.07, 6.45) is 1.00. The first-order valence-corrected chi connectivity index (χ1v) is 8.76. The lowest BCUT2D eigenvalue weighted by molar-refractivity contribution is -0.122. The van der Waals surface area contributed by atoms with Gasteiger partial charge in [-0.1, -0.05) is 32.9 Å². The molecule has 0 saturated carbocycles. The molecule has 5 nitrogen and oxygen atoms in total. The van der Waals surface area contributed by atoms with E-state index < -0.39 is 0 Å². The molecule has 0 atom stereocenters. The summed E-state index contributed by atoms with van der Waals surface area (Å²) in [5.41, 5.74) is 1.39. The third-order valence-electron chi connectivity index (χ3n) is 4.36. The van der Waals surface area contributed by atoms with Crippen LogP contribution >= 0.6 is 0 Å². The Balaban J connectivity index is 1.75. The molecule has 1 N–H and O–H groups in total. The zero-order valence-electron chi connectivity index (χ0n) is 15.5. The molecule has 134 valence electrons. The topological polar surface area (TPSA) is 44.8 Å². The summed E-state index contributed by atoms with van der Waals surface area (Å²) >= 11 is 0. The Hall–Kier alpha value is -1.75. The van der Waals surface area contributed by atoms with Gasteiger partial charge < -0.3 is 15.0 Å². The number of ether oxygens (including phenoxy) is 1. The van der Waals surface area contributed by atoms with Crippen LogP contribution in [0.15, 0.2) is 24.3 Å². The Morgan fingerprint density at radius 2 is 1.83 bits per heavy atom. The number of carbonyl (C=O) groups excluding carboxylic acids is 1. The van der Waals surface area contributed by atoms with Crippen LogP contribution in [-0.2, 0) is 4.79 Å². The molecule has 1 amide bonds. The fourth-order valence-electron chi connectivity index (χ4n) is 2.87. The number of amides is 1. The van der Waals surface area contributed by atoms with Gasteiger partial charge in [0.2, 0.25) is 5.91 Å². The van der Waals surface area contributed by atoms with E-state index in [9.17, 15) is 4.79 Å². The molecule has 1 aliphatic rings. The van der Waals surface area contributed by atoms with E-state index in [2.05, 4.69) is 42.0 Å². The van der Waals surface area contributed by atoms with Crippen molar-refractivity contribution in [2.24, 2.45) is 5.41 Å². The number of hydrogen-bond acceptors (Lipinski definition) is 4. The second kappa shape index (κ2) is 8.38. The molecule has 1 saturated heterocycles. The second-order valence-electron chi connectivity index (χ2n) is 7.60. The summed E-state index contributed by atoms with van der Waals surface area (Å²) in [5.74, 6) is 1.04. The van der Waals surface area contributed by atoms with Gasteiger partial charge in [-0.3, -0.25) is 9.69 Å². The van der Waals surface area contributed by atoms with E-state index in [1.807, 2.05) is 18.2 Å². The van der Waals surface area contributed by atoms with E-state index in [0.717, 1.165) is 50.6 Å². The fourth-order valence-corrected chi connectivity index (χ4v) is 2.87. The third-order valence-corrected chi connectivity index (χ3v) is 4.36. The molecular formula is C19H31N3O2. The smallest absolute Gasteiger partial charge is 0.234 e. The van der Waals surface area contributed by atoms with E-state index in [0.29, 0.717) is 6.54 Å². The van der Waals surface area contributed by atoms with Gasteiger partial charge in [0, 0.05) is 32.7 Å². The van der Waals surface area contributed by atoms with E-state index in [4.69, 9.17) is 4.74 Å². The van der Waals surface area contributed by atoms with Crippen LogP contribution in [0.3, 0.4) is 0 Å². The normalized spacial score (nSPS) is 16.1. The molecule has 0 spiro atoms. The maximum atomic E-state index is 12.1. The number of hydrogen-bond donors (Lipinski definition) is 1. The van der Waals surface area contributed by atoms with Gasteiger partial charge in [-0.25, -0.2) is 0 Å². The minimum absolute atomic E-state index is 0.130. The minimum Gasteiger partial charge on any atom is -0.495 e. The van der Waals surface area contributed by atoms with Crippen LogP contribution in [0.4, 0.5) is 5.69 Å². The zero-order valence-corrected chi connectivity index (χ0v) is 15.5. The Labute approximate surface area is 146 Å². The van der Waals surface area contributed by atoms with Gasteiger partial charge in [-0.15, -0.1) is 0 Å². The summed E-state index contributed by atoms with van der Waals surface area (Å²) < 4.78 is 5.44. The molecule has 1 aliphatic heterocycles. The van der Waals surface area contributed by atoms with E-state index >= 15 is 0 Å². The molecule has 0 aromatic heterocycles. The average molecular weight is 333 g/mol. The number of nitrogens with one attached hydrogen (secondary N) is 1. The lowest BCUT2D eigenvalue weighted by Gasteiger charge is -2.36. The van der Waals surface area contributed by atoms with Crippen LogP contribution in [0.2, 0.25) is 0 Å². The highest BCUT2D eigenvalue weighted by Gasteiger charge is 2.21. The molecule has 0 aliphatic carbocycles. The first-order valence-electron chi connectivity index (χ1n) is 8.76. The predicted octanol–water partition coefficient (Wildman–Crippen LogP) is 2.37. The molecule has 1 aromatic carbocycles. The van der Waals surface area contributed by atoms with Crippen molar-refractivity contribution >= 4 is 11.6 Å². The van der Waals surface area contributed by atoms with Gasteiger partial charge in [-0.05, 0) is 24.0 Å². The molecular weight excluding hydrogens is 302 g/mol. The number of methoxy groups -OCH3 is 1. The molecule has 5 heteroatoms. The highest BCUT2D eigenvalue weighted by Crippen LogP contribution is 2.28. The molecule has 1 heterocycles. The van der Waals surface area contributed by atoms with Gasteiger partial charge >= 0.3 is 0 Å². The fraction of sp³-hybridized carbons (Fsp3) is 0.632. The number of piperazine rings is 1. The van der Waals surface area contributed by atoms with Crippen LogP contribution < -0.4 is 15.0 Å². The van der Waals surface area contributed by atoms with Gasteiger partial charge in [0.1, 0.15) is 5.75 Å². The number of nitrogens with zero attached hydrogens (tertiary/aromatic N) is 2. The molecule has 24 heavy (non-hydrogen) atoms. The minimum atomic E-state index is 0.130. The summed E-state index contributed by atoms with van der Waals surface area (Å²) in [4.78, 5) is 16.6. The van der Waals surface area contributed by atoms with E-state index in [1.54, 1.807) is 7.11 Å². The van der Waals surface area contributed by atoms with Crippen molar-refractivity contribution in [2.45, 2.75) is 27.2 Å². The SMILES string of the molecule is COc1ccccc1N1CCN(CC(=O)NCCC(C)(C)C)CC1. The van der Waals surface area contributed by atoms with Crippen molar-refractivity contribution in [2.75, 3.05) is 51.3 Å². The van der Waals surface area contributed by atoms with Crippen molar-refractivity contribution in [1.29, 1.82) is 0 Å². The molecule has 0 unspecified atom stereocenters. The van der Waals surface area contributed by atoms with Crippen LogP contribution in [0.25, 0.3) is 0 Å². The molecule has 1 aromatic rings. The van der Waals surface area contributed by atoms with E-state index in [1.165, 1.54) is 0 Å². The highest BCUT2D eigenvalue weighted by molar-refractivity contribution is 5.78. The standard InChI is InChI=1S/C19H31N3O2/c1-19(2,3)9-10-20-18(23)15-21-11-13-22(14-12-21)16-7-5-6-8-17(16)24-4/h5-8H,9-15H2,1-4H3,(H,20,23). The van der Waals surface area contributed by atoms with Crippen LogP contribution in [0.5, 0.6) is 5.75 Å².